The third kappa shape index (κ3) is 2.57. The Balaban J connectivity index is 1.80. The number of carbonyl (C=O) groups is 2. The standard InChI is InChI=1S/C18H8F3NO5S/c19-12-7-8-13(16(21)15(12)20)28(25,26)27-22-17(23)10-5-1-3-9-4-2-6-11(14(9)10)18(22)24/h1-8H. The number of imide groups is 1. The van der Waals surface area contributed by atoms with E-state index in [0.717, 1.165) is 0 Å². The number of halogens is 3. The first-order chi connectivity index (χ1) is 13.2. The second kappa shape index (κ2) is 6.14. The van der Waals surface area contributed by atoms with E-state index in [0.29, 0.717) is 22.9 Å². The molecule has 0 aromatic heterocycles. The van der Waals surface area contributed by atoms with Crippen LogP contribution >= 0.6 is 0 Å². The number of amides is 2. The molecule has 28 heavy (non-hydrogen) atoms. The van der Waals surface area contributed by atoms with Crippen molar-refractivity contribution in [2.75, 3.05) is 0 Å². The second-order valence-electron chi connectivity index (χ2n) is 5.82. The molecule has 1 aliphatic heterocycles. The van der Waals surface area contributed by atoms with E-state index in [1.807, 2.05) is 0 Å². The van der Waals surface area contributed by atoms with Crippen LogP contribution in [0, 0.1) is 17.5 Å². The predicted molar refractivity (Wildman–Crippen MR) is 89.0 cm³/mol. The average molecular weight is 407 g/mol. The molecule has 1 aliphatic rings. The molecule has 0 atom stereocenters. The fourth-order valence-electron chi connectivity index (χ4n) is 2.92. The van der Waals surface area contributed by atoms with Crippen LogP contribution in [0.5, 0.6) is 0 Å². The summed E-state index contributed by atoms with van der Waals surface area (Å²) in [4.78, 5) is 23.9. The lowest BCUT2D eigenvalue weighted by Gasteiger charge is -2.25. The summed E-state index contributed by atoms with van der Waals surface area (Å²) in [7, 11) is -5.16. The molecular formula is C18H8F3NO5S. The van der Waals surface area contributed by atoms with Gasteiger partial charge in [-0.3, -0.25) is 9.59 Å². The molecule has 0 saturated heterocycles. The van der Waals surface area contributed by atoms with Crippen LogP contribution in [-0.2, 0) is 14.4 Å². The fourth-order valence-corrected chi connectivity index (χ4v) is 3.87. The van der Waals surface area contributed by atoms with E-state index < -0.39 is 44.3 Å². The molecule has 0 radical (unpaired) electrons. The number of hydrogen-bond acceptors (Lipinski definition) is 5. The van der Waals surface area contributed by atoms with Gasteiger partial charge < -0.3 is 0 Å². The molecule has 4 rings (SSSR count). The zero-order chi connectivity index (χ0) is 20.2. The highest BCUT2D eigenvalue weighted by molar-refractivity contribution is 7.86. The van der Waals surface area contributed by atoms with E-state index in [2.05, 4.69) is 4.28 Å². The lowest BCUT2D eigenvalue weighted by Crippen LogP contribution is -2.41. The SMILES string of the molecule is O=C1c2cccc3cccc(c23)C(=O)N1OS(=O)(=O)c1ccc(F)c(F)c1F. The van der Waals surface area contributed by atoms with Gasteiger partial charge in [0.05, 0.1) is 11.1 Å². The molecule has 1 heterocycles. The number of hydrogen-bond donors (Lipinski definition) is 0. The Kier molecular flexibility index (Phi) is 3.98. The molecule has 3 aromatic rings. The molecular weight excluding hydrogens is 399 g/mol. The van der Waals surface area contributed by atoms with E-state index >= 15 is 0 Å². The maximum Gasteiger partial charge on any atom is 0.321 e. The van der Waals surface area contributed by atoms with E-state index in [4.69, 9.17) is 0 Å². The summed E-state index contributed by atoms with van der Waals surface area (Å²) >= 11 is 0. The van der Waals surface area contributed by atoms with Crippen LogP contribution in [-0.4, -0.2) is 25.3 Å². The van der Waals surface area contributed by atoms with Gasteiger partial charge in [0.2, 0.25) is 0 Å². The highest BCUT2D eigenvalue weighted by Gasteiger charge is 2.38. The third-order valence-corrected chi connectivity index (χ3v) is 5.38. The first-order valence-corrected chi connectivity index (χ1v) is 9.12. The maximum absolute atomic E-state index is 13.9. The van der Waals surface area contributed by atoms with Gasteiger partial charge in [-0.2, -0.15) is 8.42 Å². The topological polar surface area (TPSA) is 80.8 Å². The fraction of sp³-hybridized carbons (Fsp3) is 0. The minimum Gasteiger partial charge on any atom is -0.266 e. The lowest BCUT2D eigenvalue weighted by atomic mass is 9.95. The Morgan fingerprint density at radius 2 is 1.36 bits per heavy atom. The summed E-state index contributed by atoms with van der Waals surface area (Å²) in [6, 6.07) is 9.90. The van der Waals surface area contributed by atoms with Crippen molar-refractivity contribution < 1.29 is 35.5 Å². The summed E-state index contributed by atoms with van der Waals surface area (Å²) in [5.41, 5.74) is -0.0117. The highest BCUT2D eigenvalue weighted by atomic mass is 32.2. The molecule has 3 aromatic carbocycles. The number of rotatable bonds is 3. The molecule has 0 fully saturated rings. The monoisotopic (exact) mass is 407 g/mol. The Bertz CT molecular complexity index is 1240. The van der Waals surface area contributed by atoms with Gasteiger partial charge in [0.25, 0.3) is 11.8 Å². The quantitative estimate of drug-likeness (QED) is 0.492. The Hall–Kier alpha value is -3.24. The highest BCUT2D eigenvalue weighted by Crippen LogP contribution is 2.31. The molecule has 0 unspecified atom stereocenters. The van der Waals surface area contributed by atoms with Gasteiger partial charge in [-0.25, -0.2) is 13.2 Å². The van der Waals surface area contributed by atoms with E-state index in [1.165, 1.54) is 24.3 Å². The van der Waals surface area contributed by atoms with Crippen LogP contribution in [0.2, 0.25) is 0 Å². The van der Waals surface area contributed by atoms with Gasteiger partial charge >= 0.3 is 10.1 Å². The normalized spacial score (nSPS) is 14.0. The van der Waals surface area contributed by atoms with Gasteiger partial charge in [-0.1, -0.05) is 24.3 Å². The van der Waals surface area contributed by atoms with Crippen LogP contribution in [0.3, 0.4) is 0 Å². The smallest absolute Gasteiger partial charge is 0.266 e. The molecule has 142 valence electrons. The van der Waals surface area contributed by atoms with Crippen LogP contribution in [0.4, 0.5) is 13.2 Å². The number of hydroxylamine groups is 2. The van der Waals surface area contributed by atoms with Crippen LogP contribution in [0.25, 0.3) is 10.8 Å². The maximum atomic E-state index is 13.9. The van der Waals surface area contributed by atoms with E-state index in [9.17, 15) is 31.2 Å². The third-order valence-electron chi connectivity index (χ3n) is 4.18. The number of benzene rings is 3. The van der Waals surface area contributed by atoms with Crippen molar-refractivity contribution in [2.24, 2.45) is 0 Å². The van der Waals surface area contributed by atoms with Gasteiger partial charge in [0, 0.05) is 5.39 Å². The van der Waals surface area contributed by atoms with Gasteiger partial charge in [0.15, 0.2) is 17.5 Å². The summed E-state index contributed by atoms with van der Waals surface area (Å²) < 4.78 is 69.5. The first kappa shape index (κ1) is 18.1. The molecule has 0 aliphatic carbocycles. The van der Waals surface area contributed by atoms with E-state index in [-0.39, 0.29) is 16.2 Å². The molecule has 10 heteroatoms. The van der Waals surface area contributed by atoms with Crippen molar-refractivity contribution in [3.63, 3.8) is 0 Å². The molecule has 0 spiro atoms. The summed E-state index contributed by atoms with van der Waals surface area (Å²) in [6.07, 6.45) is 0. The average Bonchev–Trinajstić information content (AvgIpc) is 2.67. The van der Waals surface area contributed by atoms with Crippen molar-refractivity contribution in [1.82, 2.24) is 5.06 Å². The van der Waals surface area contributed by atoms with Crippen molar-refractivity contribution >= 4 is 32.7 Å². The van der Waals surface area contributed by atoms with Crippen LogP contribution < -0.4 is 0 Å². The van der Waals surface area contributed by atoms with E-state index in [1.54, 1.807) is 12.1 Å². The Labute approximate surface area is 155 Å². The summed E-state index contributed by atoms with van der Waals surface area (Å²) in [5, 5.41) is 0.842. The molecule has 0 saturated carbocycles. The lowest BCUT2D eigenvalue weighted by molar-refractivity contribution is -0.0157. The Morgan fingerprint density at radius 1 is 0.786 bits per heavy atom. The van der Waals surface area contributed by atoms with Crippen molar-refractivity contribution in [1.29, 1.82) is 0 Å². The van der Waals surface area contributed by atoms with Crippen LogP contribution in [0.15, 0.2) is 53.4 Å². The Morgan fingerprint density at radius 3 is 1.93 bits per heavy atom. The molecule has 6 nitrogen and oxygen atoms in total. The minimum absolute atomic E-state index is 0.00587. The van der Waals surface area contributed by atoms with Crippen molar-refractivity contribution in [2.45, 2.75) is 4.90 Å². The summed E-state index contributed by atoms with van der Waals surface area (Å²) in [5.74, 6) is -7.86. The zero-order valence-electron chi connectivity index (χ0n) is 13.6. The number of nitrogens with zero attached hydrogens (tertiary/aromatic N) is 1. The zero-order valence-corrected chi connectivity index (χ0v) is 14.5. The summed E-state index contributed by atoms with van der Waals surface area (Å²) in [6.45, 7) is 0. The van der Waals surface area contributed by atoms with Crippen LogP contribution in [0.1, 0.15) is 20.7 Å². The largest absolute Gasteiger partial charge is 0.321 e. The molecule has 0 N–H and O–H groups in total. The second-order valence-corrected chi connectivity index (χ2v) is 7.31. The van der Waals surface area contributed by atoms with Gasteiger partial charge in [-0.15, -0.1) is 9.35 Å². The molecule has 2 amide bonds. The number of carbonyl (C=O) groups excluding carboxylic acids is 2. The van der Waals surface area contributed by atoms with Crippen molar-refractivity contribution in [3.8, 4) is 0 Å². The molecule has 0 bridgehead atoms. The minimum atomic E-state index is -5.16. The van der Waals surface area contributed by atoms with Gasteiger partial charge in [-0.05, 0) is 29.7 Å². The first-order valence-electron chi connectivity index (χ1n) is 7.71. The predicted octanol–water partition coefficient (Wildman–Crippen LogP) is 3.17. The van der Waals surface area contributed by atoms with Crippen molar-refractivity contribution in [3.05, 3.63) is 77.1 Å². The van der Waals surface area contributed by atoms with Gasteiger partial charge in [0.1, 0.15) is 4.90 Å².